The van der Waals surface area contributed by atoms with E-state index in [0.717, 1.165) is 9.21 Å². The molecule has 0 saturated carbocycles. The molecule has 0 unspecified atom stereocenters. The average molecular weight is 492 g/mol. The Balaban J connectivity index is 1.92. The number of anilines is 1. The van der Waals surface area contributed by atoms with Crippen molar-refractivity contribution in [3.8, 4) is 5.75 Å². The first-order chi connectivity index (χ1) is 16.0. The van der Waals surface area contributed by atoms with Gasteiger partial charge in [-0.05, 0) is 50.1 Å². The van der Waals surface area contributed by atoms with Gasteiger partial charge in [-0.15, -0.1) is 0 Å². The van der Waals surface area contributed by atoms with Crippen molar-refractivity contribution in [3.05, 3.63) is 42.7 Å². The molecule has 0 aliphatic carbocycles. The molecule has 2 amide bonds. The average Bonchev–Trinajstić information content (AvgIpc) is 3.31. The highest BCUT2D eigenvalue weighted by molar-refractivity contribution is 7.89. The zero-order chi connectivity index (χ0) is 25.0. The van der Waals surface area contributed by atoms with E-state index < -0.39 is 45.2 Å². The lowest BCUT2D eigenvalue weighted by atomic mass is 10.1. The number of sulfonamides is 1. The zero-order valence-corrected chi connectivity index (χ0v) is 19.7. The number of aliphatic carboxylic acids is 1. The number of hydrogen-bond acceptors (Lipinski definition) is 8. The molecule has 0 radical (unpaired) electrons. The summed E-state index contributed by atoms with van der Waals surface area (Å²) in [7, 11) is -1.13. The normalized spacial score (nSPS) is 17.1. The summed E-state index contributed by atoms with van der Waals surface area (Å²) in [6, 6.07) is 4.77. The molecule has 13 heteroatoms. The third-order valence-corrected chi connectivity index (χ3v) is 6.96. The molecule has 0 bridgehead atoms. The van der Waals surface area contributed by atoms with Crippen LogP contribution in [0.3, 0.4) is 0 Å². The van der Waals surface area contributed by atoms with E-state index in [-0.39, 0.29) is 24.4 Å². The Bertz CT molecular complexity index is 1160. The van der Waals surface area contributed by atoms with Crippen molar-refractivity contribution in [3.63, 3.8) is 0 Å². The fraction of sp³-hybridized carbons (Fsp3) is 0.381. The van der Waals surface area contributed by atoms with Crippen LogP contribution in [0.4, 0.5) is 10.5 Å². The highest BCUT2D eigenvalue weighted by Gasteiger charge is 2.44. The van der Waals surface area contributed by atoms with Gasteiger partial charge in [-0.1, -0.05) is 0 Å². The van der Waals surface area contributed by atoms with Crippen LogP contribution in [-0.2, 0) is 19.6 Å². The highest BCUT2D eigenvalue weighted by Crippen LogP contribution is 2.29. The number of benzene rings is 1. The number of rotatable bonds is 7. The Hall–Kier alpha value is -3.58. The molecule has 1 N–H and O–H groups in total. The van der Waals surface area contributed by atoms with Gasteiger partial charge in [0, 0.05) is 38.7 Å². The van der Waals surface area contributed by atoms with Gasteiger partial charge in [-0.2, -0.15) is 4.31 Å². The molecular weight excluding hydrogens is 466 g/mol. The molecule has 0 spiro atoms. The Kier molecular flexibility index (Phi) is 7.47. The summed E-state index contributed by atoms with van der Waals surface area (Å²) in [6.07, 6.45) is 2.60. The third kappa shape index (κ3) is 5.15. The van der Waals surface area contributed by atoms with Gasteiger partial charge >= 0.3 is 12.1 Å². The van der Waals surface area contributed by atoms with Gasteiger partial charge in [0.15, 0.2) is 0 Å². The molecular formula is C21H25N5O7S. The van der Waals surface area contributed by atoms with Crippen LogP contribution in [0.5, 0.6) is 5.75 Å². The summed E-state index contributed by atoms with van der Waals surface area (Å²) in [6.45, 7) is 1.40. The van der Waals surface area contributed by atoms with Gasteiger partial charge < -0.3 is 14.7 Å². The molecule has 3 rings (SSSR count). The minimum absolute atomic E-state index is 0.0751. The summed E-state index contributed by atoms with van der Waals surface area (Å²) >= 11 is 0. The molecule has 182 valence electrons. The smallest absolute Gasteiger partial charge is 0.414 e. The number of amides is 2. The van der Waals surface area contributed by atoms with Crippen LogP contribution in [0.1, 0.15) is 19.8 Å². The first-order valence-corrected chi connectivity index (χ1v) is 11.8. The summed E-state index contributed by atoms with van der Waals surface area (Å²) < 4.78 is 32.3. The lowest BCUT2D eigenvalue weighted by Gasteiger charge is -2.32. The predicted molar refractivity (Wildman–Crippen MR) is 120 cm³/mol. The number of carboxylic acid groups (broad SMARTS) is 1. The lowest BCUT2D eigenvalue weighted by molar-refractivity contribution is -0.140. The summed E-state index contributed by atoms with van der Waals surface area (Å²) in [5.74, 6) is -1.76. The fourth-order valence-corrected chi connectivity index (χ4v) is 4.98. The Morgan fingerprint density at radius 2 is 1.76 bits per heavy atom. The van der Waals surface area contributed by atoms with Crippen LogP contribution in [0.25, 0.3) is 0 Å². The summed E-state index contributed by atoms with van der Waals surface area (Å²) in [5.41, 5.74) is 0.213. The Labute approximate surface area is 196 Å². The minimum atomic E-state index is -4.17. The van der Waals surface area contributed by atoms with Crippen molar-refractivity contribution in [1.29, 1.82) is 0 Å². The second kappa shape index (κ2) is 10.1. The van der Waals surface area contributed by atoms with Gasteiger partial charge in [0.2, 0.25) is 5.91 Å². The van der Waals surface area contributed by atoms with Gasteiger partial charge in [0.1, 0.15) is 17.8 Å². The van der Waals surface area contributed by atoms with Gasteiger partial charge in [0.25, 0.3) is 15.2 Å². The largest absolute Gasteiger partial charge is 0.480 e. The maximum absolute atomic E-state index is 13.6. The lowest BCUT2D eigenvalue weighted by Crippen LogP contribution is -2.52. The molecule has 1 aliphatic rings. The van der Waals surface area contributed by atoms with Gasteiger partial charge in [-0.25, -0.2) is 28.0 Å². The molecule has 1 aromatic carbocycles. The van der Waals surface area contributed by atoms with Crippen LogP contribution in [0.2, 0.25) is 0 Å². The molecule has 34 heavy (non-hydrogen) atoms. The number of carbonyl (C=O) groups excluding carboxylic acids is 2. The fourth-order valence-electron chi connectivity index (χ4n) is 3.48. The zero-order valence-electron chi connectivity index (χ0n) is 18.9. The van der Waals surface area contributed by atoms with Crippen LogP contribution in [-0.4, -0.2) is 83.4 Å². The van der Waals surface area contributed by atoms with Crippen LogP contribution >= 0.6 is 0 Å². The Morgan fingerprint density at radius 1 is 1.15 bits per heavy atom. The van der Waals surface area contributed by atoms with Crippen molar-refractivity contribution in [1.82, 2.24) is 19.2 Å². The van der Waals surface area contributed by atoms with E-state index >= 15 is 0 Å². The first kappa shape index (κ1) is 25.1. The number of hydrogen-bond donors (Lipinski definition) is 1. The molecule has 2 aromatic rings. The van der Waals surface area contributed by atoms with E-state index in [4.69, 9.17) is 4.74 Å². The number of carbonyl (C=O) groups is 3. The van der Waals surface area contributed by atoms with E-state index in [1.807, 2.05) is 0 Å². The van der Waals surface area contributed by atoms with Gasteiger partial charge in [-0.3, -0.25) is 9.69 Å². The number of nitrogens with zero attached hydrogens (tertiary/aromatic N) is 5. The van der Waals surface area contributed by atoms with Crippen molar-refractivity contribution in [2.45, 2.75) is 37.0 Å². The molecule has 2 heterocycles. The summed E-state index contributed by atoms with van der Waals surface area (Å²) in [5, 5.41) is 9.19. The van der Waals surface area contributed by atoms with E-state index in [1.165, 1.54) is 68.6 Å². The maximum atomic E-state index is 13.6. The minimum Gasteiger partial charge on any atom is -0.480 e. The van der Waals surface area contributed by atoms with Crippen LogP contribution in [0, 0.1) is 0 Å². The standard InChI is InChI=1S/C21H25N5O7S/c1-14(19(28)29)26(15-7-9-16(10-8-15)33-21(30)24(2)3)18(27)17-6-4-13-25(17)34(31,32)20-22-11-5-12-23-20/h5,7-12,14,17H,4,6,13H2,1-3H3,(H,28,29)/t14-,17-/m0/s1. The number of ether oxygens (including phenoxy) is 1. The monoisotopic (exact) mass is 491 g/mol. The SMILES string of the molecule is C[C@@H](C(=O)O)N(C(=O)[C@@H]1CCCN1S(=O)(=O)c1ncccn1)c1ccc(OC(=O)N(C)C)cc1. The van der Waals surface area contributed by atoms with Crippen molar-refractivity contribution in [2.24, 2.45) is 0 Å². The molecule has 2 atom stereocenters. The first-order valence-electron chi connectivity index (χ1n) is 10.4. The molecule has 1 aliphatic heterocycles. The number of carboxylic acids is 1. The van der Waals surface area contributed by atoms with Crippen molar-refractivity contribution in [2.75, 3.05) is 25.5 Å². The quantitative estimate of drug-likeness (QED) is 0.563. The second-order valence-corrected chi connectivity index (χ2v) is 9.57. The van der Waals surface area contributed by atoms with E-state index in [2.05, 4.69) is 9.97 Å². The summed E-state index contributed by atoms with van der Waals surface area (Å²) in [4.78, 5) is 47.0. The Morgan fingerprint density at radius 3 is 2.32 bits per heavy atom. The topological polar surface area (TPSA) is 150 Å². The van der Waals surface area contributed by atoms with Crippen LogP contribution in [0.15, 0.2) is 47.9 Å². The molecule has 1 saturated heterocycles. The maximum Gasteiger partial charge on any atom is 0.414 e. The van der Waals surface area contributed by atoms with Crippen LogP contribution < -0.4 is 9.64 Å². The van der Waals surface area contributed by atoms with E-state index in [0.29, 0.717) is 6.42 Å². The predicted octanol–water partition coefficient (Wildman–Crippen LogP) is 1.20. The van der Waals surface area contributed by atoms with Crippen molar-refractivity contribution >= 4 is 33.7 Å². The number of aromatic nitrogens is 2. The molecule has 1 aromatic heterocycles. The molecule has 12 nitrogen and oxygen atoms in total. The van der Waals surface area contributed by atoms with Gasteiger partial charge in [0.05, 0.1) is 0 Å². The second-order valence-electron chi connectivity index (χ2n) is 7.78. The van der Waals surface area contributed by atoms with E-state index in [9.17, 15) is 27.9 Å². The van der Waals surface area contributed by atoms with Crippen molar-refractivity contribution < 1.29 is 32.6 Å². The van der Waals surface area contributed by atoms with E-state index in [1.54, 1.807) is 0 Å². The third-order valence-electron chi connectivity index (χ3n) is 5.24. The molecule has 1 fully saturated rings. The highest BCUT2D eigenvalue weighted by atomic mass is 32.2.